The molecule has 0 spiro atoms. The quantitative estimate of drug-likeness (QED) is 0.269. The van der Waals surface area contributed by atoms with Gasteiger partial charge < -0.3 is 11.1 Å². The van der Waals surface area contributed by atoms with Crippen molar-refractivity contribution in [2.45, 2.75) is 0 Å². The van der Waals surface area contributed by atoms with Gasteiger partial charge in [-0.25, -0.2) is 0 Å². The number of fused-ring (bicyclic) bond motifs is 2. The predicted octanol–water partition coefficient (Wildman–Crippen LogP) is 2.82. The molecule has 0 saturated carbocycles. The minimum absolute atomic E-state index is 0.0249. The predicted molar refractivity (Wildman–Crippen MR) is 87.9 cm³/mol. The van der Waals surface area contributed by atoms with E-state index in [2.05, 4.69) is 34.9 Å². The lowest BCUT2D eigenvalue weighted by atomic mass is 10.0. The Labute approximate surface area is 121 Å². The fourth-order valence-corrected chi connectivity index (χ4v) is 2.38. The third-order valence-corrected chi connectivity index (χ3v) is 3.27. The van der Waals surface area contributed by atoms with Gasteiger partial charge in [0.25, 0.3) is 0 Å². The van der Waals surface area contributed by atoms with Crippen LogP contribution < -0.4 is 16.4 Å². The van der Waals surface area contributed by atoms with E-state index in [0.717, 1.165) is 21.8 Å². The Morgan fingerprint density at radius 1 is 0.857 bits per heavy atom. The minimum atomic E-state index is -0.266. The third kappa shape index (κ3) is 2.62. The van der Waals surface area contributed by atoms with Crippen molar-refractivity contribution in [3.8, 4) is 0 Å². The molecule has 0 radical (unpaired) electrons. The summed E-state index contributed by atoms with van der Waals surface area (Å²) in [6, 6.07) is 18.2. The first-order chi connectivity index (χ1) is 10.1. The van der Waals surface area contributed by atoms with E-state index < -0.39 is 0 Å². The van der Waals surface area contributed by atoms with Crippen LogP contribution in [0, 0.1) is 10.8 Å². The highest BCUT2D eigenvalue weighted by atomic mass is 15.2. The Kier molecular flexibility index (Phi) is 3.16. The van der Waals surface area contributed by atoms with Crippen molar-refractivity contribution >= 4 is 39.2 Å². The van der Waals surface area contributed by atoms with Crippen molar-refractivity contribution in [2.24, 2.45) is 5.73 Å². The molecule has 3 aromatic carbocycles. The number of nitrogens with two attached hydrogens (primary N) is 1. The molecule has 3 aromatic rings. The standard InChI is InChI=1S/C16H15N5/c17-15(18)21-16(19)20-14-7-3-6-12-8-10-4-1-2-5-11(10)9-13(12)14/h1-9H,(H6,17,18,19,20,21). The lowest BCUT2D eigenvalue weighted by Gasteiger charge is -2.12. The molecule has 0 aliphatic rings. The van der Waals surface area contributed by atoms with Gasteiger partial charge in [-0.05, 0) is 34.4 Å². The Bertz CT molecular complexity index is 854. The molecule has 6 N–H and O–H groups in total. The Hall–Kier alpha value is -3.08. The Balaban J connectivity index is 2.08. The molecule has 0 fully saturated rings. The number of nitrogens with one attached hydrogen (secondary N) is 4. The Morgan fingerprint density at radius 2 is 1.52 bits per heavy atom. The van der Waals surface area contributed by atoms with Crippen LogP contribution in [-0.4, -0.2) is 11.9 Å². The molecule has 0 heterocycles. The van der Waals surface area contributed by atoms with Gasteiger partial charge >= 0.3 is 0 Å². The summed E-state index contributed by atoms with van der Waals surface area (Å²) in [4.78, 5) is 0. The van der Waals surface area contributed by atoms with Crippen molar-refractivity contribution in [1.82, 2.24) is 5.32 Å². The van der Waals surface area contributed by atoms with Crippen molar-refractivity contribution in [3.05, 3.63) is 54.6 Å². The first kappa shape index (κ1) is 12.9. The van der Waals surface area contributed by atoms with Gasteiger partial charge in [-0.2, -0.15) is 0 Å². The fraction of sp³-hybridized carbons (Fsp3) is 0. The molecule has 104 valence electrons. The zero-order valence-corrected chi connectivity index (χ0v) is 11.3. The minimum Gasteiger partial charge on any atom is -0.370 e. The van der Waals surface area contributed by atoms with Crippen LogP contribution in [0.15, 0.2) is 54.6 Å². The second-order valence-electron chi connectivity index (χ2n) is 4.76. The number of hydrogen-bond acceptors (Lipinski definition) is 2. The number of hydrogen-bond donors (Lipinski definition) is 5. The topological polar surface area (TPSA) is 97.8 Å². The van der Waals surface area contributed by atoms with E-state index in [0.29, 0.717) is 0 Å². The molecule has 0 atom stereocenters. The van der Waals surface area contributed by atoms with E-state index in [4.69, 9.17) is 16.6 Å². The highest BCUT2D eigenvalue weighted by Crippen LogP contribution is 2.28. The van der Waals surface area contributed by atoms with Crippen molar-refractivity contribution in [3.63, 3.8) is 0 Å². The van der Waals surface area contributed by atoms with Crippen LogP contribution in [0.5, 0.6) is 0 Å². The van der Waals surface area contributed by atoms with E-state index in [9.17, 15) is 0 Å². The fourth-order valence-electron chi connectivity index (χ4n) is 2.38. The maximum Gasteiger partial charge on any atom is 0.199 e. The molecule has 0 aromatic heterocycles. The summed E-state index contributed by atoms with van der Waals surface area (Å²) < 4.78 is 0. The van der Waals surface area contributed by atoms with Gasteiger partial charge in [-0.3, -0.25) is 16.1 Å². The van der Waals surface area contributed by atoms with Gasteiger partial charge in [0.05, 0.1) is 0 Å². The van der Waals surface area contributed by atoms with E-state index in [-0.39, 0.29) is 11.9 Å². The number of guanidine groups is 2. The van der Waals surface area contributed by atoms with Crippen molar-refractivity contribution in [1.29, 1.82) is 10.8 Å². The molecule has 3 rings (SSSR count). The molecule has 0 saturated heterocycles. The Morgan fingerprint density at radius 3 is 2.24 bits per heavy atom. The summed E-state index contributed by atoms with van der Waals surface area (Å²) in [5, 5.41) is 24.7. The smallest absolute Gasteiger partial charge is 0.199 e. The first-order valence-electron chi connectivity index (χ1n) is 6.51. The second-order valence-corrected chi connectivity index (χ2v) is 4.76. The van der Waals surface area contributed by atoms with E-state index in [1.54, 1.807) is 0 Å². The number of benzene rings is 3. The average molecular weight is 277 g/mol. The summed E-state index contributed by atoms with van der Waals surface area (Å²) in [7, 11) is 0. The van der Waals surface area contributed by atoms with Crippen LogP contribution in [0.4, 0.5) is 5.69 Å². The van der Waals surface area contributed by atoms with Gasteiger partial charge in [0.1, 0.15) is 0 Å². The molecule has 0 amide bonds. The second kappa shape index (κ2) is 5.13. The van der Waals surface area contributed by atoms with Crippen LogP contribution >= 0.6 is 0 Å². The molecule has 5 heteroatoms. The summed E-state index contributed by atoms with van der Waals surface area (Å²) in [5.41, 5.74) is 6.03. The molecule has 0 aliphatic heterocycles. The van der Waals surface area contributed by atoms with Crippen molar-refractivity contribution < 1.29 is 0 Å². The summed E-state index contributed by atoms with van der Waals surface area (Å²) >= 11 is 0. The van der Waals surface area contributed by atoms with Crippen molar-refractivity contribution in [2.75, 3.05) is 5.32 Å². The molecular weight excluding hydrogens is 262 g/mol. The molecule has 0 bridgehead atoms. The molecule has 21 heavy (non-hydrogen) atoms. The molecule has 0 aliphatic carbocycles. The van der Waals surface area contributed by atoms with E-state index in [1.165, 1.54) is 5.39 Å². The van der Waals surface area contributed by atoms with Gasteiger partial charge in [-0.1, -0.05) is 36.4 Å². The maximum atomic E-state index is 7.75. The van der Waals surface area contributed by atoms with Crippen LogP contribution in [0.1, 0.15) is 0 Å². The maximum absolute atomic E-state index is 7.75. The van der Waals surface area contributed by atoms with E-state index in [1.807, 2.05) is 30.3 Å². The van der Waals surface area contributed by atoms with Crippen LogP contribution in [0.2, 0.25) is 0 Å². The number of anilines is 1. The summed E-state index contributed by atoms with van der Waals surface area (Å²) in [5.74, 6) is -0.290. The zero-order valence-electron chi connectivity index (χ0n) is 11.3. The van der Waals surface area contributed by atoms with Crippen LogP contribution in [0.25, 0.3) is 21.5 Å². The lowest BCUT2D eigenvalue weighted by molar-refractivity contribution is 1.20. The summed E-state index contributed by atoms with van der Waals surface area (Å²) in [6.07, 6.45) is 0. The monoisotopic (exact) mass is 277 g/mol. The normalized spacial score (nSPS) is 10.5. The molecule has 5 nitrogen and oxygen atoms in total. The van der Waals surface area contributed by atoms with Gasteiger partial charge in [0, 0.05) is 11.1 Å². The highest BCUT2D eigenvalue weighted by molar-refractivity contribution is 6.09. The first-order valence-corrected chi connectivity index (χ1v) is 6.51. The highest BCUT2D eigenvalue weighted by Gasteiger charge is 2.05. The zero-order chi connectivity index (χ0) is 14.8. The lowest BCUT2D eigenvalue weighted by Crippen LogP contribution is -2.39. The van der Waals surface area contributed by atoms with E-state index >= 15 is 0 Å². The number of rotatable bonds is 1. The third-order valence-electron chi connectivity index (χ3n) is 3.27. The van der Waals surface area contributed by atoms with Gasteiger partial charge in [0.15, 0.2) is 11.9 Å². The SMILES string of the molecule is N=C(N)NC(=N)Nc1cccc2cc3ccccc3cc12. The van der Waals surface area contributed by atoms with Crippen LogP contribution in [0.3, 0.4) is 0 Å². The average Bonchev–Trinajstić information content (AvgIpc) is 2.45. The molecular formula is C16H15N5. The van der Waals surface area contributed by atoms with Crippen LogP contribution in [-0.2, 0) is 0 Å². The summed E-state index contributed by atoms with van der Waals surface area (Å²) in [6.45, 7) is 0. The molecule has 0 unspecified atom stereocenters. The van der Waals surface area contributed by atoms with Gasteiger partial charge in [0.2, 0.25) is 0 Å². The largest absolute Gasteiger partial charge is 0.370 e. The van der Waals surface area contributed by atoms with Gasteiger partial charge in [-0.15, -0.1) is 0 Å².